The van der Waals surface area contributed by atoms with Crippen molar-refractivity contribution in [2.45, 2.75) is 19.1 Å². The predicted molar refractivity (Wildman–Crippen MR) is 63.7 cm³/mol. The summed E-state index contributed by atoms with van der Waals surface area (Å²) in [5.41, 5.74) is 1.09. The lowest BCUT2D eigenvalue weighted by atomic mass is 10.1. The van der Waals surface area contributed by atoms with Crippen molar-refractivity contribution in [1.82, 2.24) is 4.90 Å². The minimum absolute atomic E-state index is 0.0578. The van der Waals surface area contributed by atoms with Crippen molar-refractivity contribution < 1.29 is 14.3 Å². The first-order valence-corrected chi connectivity index (χ1v) is 5.73. The highest BCUT2D eigenvalue weighted by atomic mass is 16.5. The second-order valence-electron chi connectivity index (χ2n) is 4.20. The molecule has 1 amide bonds. The first kappa shape index (κ1) is 11.9. The number of hydrogen-bond donors (Lipinski definition) is 0. The Kier molecular flexibility index (Phi) is 3.64. The van der Waals surface area contributed by atoms with Gasteiger partial charge in [-0.1, -0.05) is 30.3 Å². The van der Waals surface area contributed by atoms with Crippen LogP contribution in [0.5, 0.6) is 0 Å². The van der Waals surface area contributed by atoms with Gasteiger partial charge in [0, 0.05) is 0 Å². The molecule has 1 heterocycles. The van der Waals surface area contributed by atoms with Gasteiger partial charge in [0.05, 0.1) is 26.3 Å². The van der Waals surface area contributed by atoms with Gasteiger partial charge in [0.1, 0.15) is 6.10 Å². The van der Waals surface area contributed by atoms with Crippen LogP contribution in [0.15, 0.2) is 30.3 Å². The molecule has 4 nitrogen and oxygen atoms in total. The maximum atomic E-state index is 11.6. The molecule has 1 aromatic rings. The number of nitrogens with zero attached hydrogens (tertiary/aromatic N) is 1. The highest BCUT2D eigenvalue weighted by Gasteiger charge is 2.30. The molecule has 4 heteroatoms. The lowest BCUT2D eigenvalue weighted by Crippen LogP contribution is -2.48. The van der Waals surface area contributed by atoms with Crippen LogP contribution >= 0.6 is 0 Å². The Morgan fingerprint density at radius 3 is 2.76 bits per heavy atom. The van der Waals surface area contributed by atoms with E-state index in [0.717, 1.165) is 5.56 Å². The van der Waals surface area contributed by atoms with Crippen molar-refractivity contribution in [1.29, 1.82) is 0 Å². The van der Waals surface area contributed by atoms with Gasteiger partial charge in [0.15, 0.2) is 0 Å². The second-order valence-corrected chi connectivity index (χ2v) is 4.20. The number of carbonyl (C=O) groups excluding carboxylic acids is 1. The first-order valence-electron chi connectivity index (χ1n) is 5.73. The van der Waals surface area contributed by atoms with Gasteiger partial charge >= 0.3 is 6.09 Å². The summed E-state index contributed by atoms with van der Waals surface area (Å²) in [5.74, 6) is 0. The smallest absolute Gasteiger partial charge is 0.409 e. The summed E-state index contributed by atoms with van der Waals surface area (Å²) >= 11 is 0. The molecule has 1 aliphatic heterocycles. The molecule has 0 aliphatic carbocycles. The Balaban J connectivity index is 2.10. The molecule has 1 fully saturated rings. The molecule has 1 saturated heterocycles. The van der Waals surface area contributed by atoms with Gasteiger partial charge in [-0.15, -0.1) is 0 Å². The van der Waals surface area contributed by atoms with E-state index < -0.39 is 0 Å². The predicted octanol–water partition coefficient (Wildman–Crippen LogP) is 2.21. The van der Waals surface area contributed by atoms with E-state index in [-0.39, 0.29) is 18.2 Å². The average molecular weight is 235 g/mol. The van der Waals surface area contributed by atoms with Crippen LogP contribution in [-0.4, -0.2) is 37.3 Å². The number of ether oxygens (including phenoxy) is 2. The molecule has 0 aromatic heterocycles. The second kappa shape index (κ2) is 5.19. The van der Waals surface area contributed by atoms with Gasteiger partial charge in [-0.3, -0.25) is 0 Å². The van der Waals surface area contributed by atoms with Gasteiger partial charge in [-0.2, -0.15) is 0 Å². The largest absolute Gasteiger partial charge is 0.453 e. The molecule has 2 atom stereocenters. The van der Waals surface area contributed by atoms with E-state index in [1.54, 1.807) is 4.90 Å². The number of carbonyl (C=O) groups is 1. The van der Waals surface area contributed by atoms with E-state index in [2.05, 4.69) is 0 Å². The highest BCUT2D eigenvalue weighted by Crippen LogP contribution is 2.24. The number of morpholine rings is 1. The Morgan fingerprint density at radius 2 is 2.12 bits per heavy atom. The minimum Gasteiger partial charge on any atom is -0.453 e. The zero-order chi connectivity index (χ0) is 12.3. The van der Waals surface area contributed by atoms with Crippen LogP contribution < -0.4 is 0 Å². The van der Waals surface area contributed by atoms with Crippen molar-refractivity contribution in [3.05, 3.63) is 35.9 Å². The topological polar surface area (TPSA) is 38.8 Å². The maximum absolute atomic E-state index is 11.6. The summed E-state index contributed by atoms with van der Waals surface area (Å²) in [6.45, 7) is 3.03. The Morgan fingerprint density at radius 1 is 1.41 bits per heavy atom. The van der Waals surface area contributed by atoms with Crippen molar-refractivity contribution in [3.63, 3.8) is 0 Å². The van der Waals surface area contributed by atoms with Crippen LogP contribution in [0.3, 0.4) is 0 Å². The quantitative estimate of drug-likeness (QED) is 0.749. The molecule has 0 spiro atoms. The lowest BCUT2D eigenvalue weighted by molar-refractivity contribution is -0.0528. The van der Waals surface area contributed by atoms with Gasteiger partial charge < -0.3 is 14.4 Å². The molecule has 1 aliphatic rings. The van der Waals surface area contributed by atoms with Crippen LogP contribution in [0.25, 0.3) is 0 Å². The molecule has 0 radical (unpaired) electrons. The number of hydrogen-bond acceptors (Lipinski definition) is 3. The third-order valence-electron chi connectivity index (χ3n) is 3.01. The summed E-state index contributed by atoms with van der Waals surface area (Å²) < 4.78 is 10.5. The number of benzene rings is 1. The average Bonchev–Trinajstić information content (AvgIpc) is 2.39. The highest BCUT2D eigenvalue weighted by molar-refractivity contribution is 5.68. The fraction of sp³-hybridized carbons (Fsp3) is 0.462. The van der Waals surface area contributed by atoms with E-state index >= 15 is 0 Å². The van der Waals surface area contributed by atoms with Crippen LogP contribution in [0.4, 0.5) is 4.79 Å². The fourth-order valence-electron chi connectivity index (χ4n) is 2.00. The molecule has 2 unspecified atom stereocenters. The van der Waals surface area contributed by atoms with Gasteiger partial charge in [0.25, 0.3) is 0 Å². The summed E-state index contributed by atoms with van der Waals surface area (Å²) in [6, 6.07) is 9.99. The van der Waals surface area contributed by atoms with Crippen molar-refractivity contribution in [2.75, 3.05) is 20.3 Å². The fourth-order valence-corrected chi connectivity index (χ4v) is 2.00. The zero-order valence-electron chi connectivity index (χ0n) is 10.1. The van der Waals surface area contributed by atoms with E-state index in [4.69, 9.17) is 9.47 Å². The van der Waals surface area contributed by atoms with Crippen LogP contribution in [0, 0.1) is 0 Å². The molecule has 0 N–H and O–H groups in total. The van der Waals surface area contributed by atoms with E-state index in [1.165, 1.54) is 7.11 Å². The molecule has 92 valence electrons. The van der Waals surface area contributed by atoms with Crippen LogP contribution in [0.2, 0.25) is 0 Å². The molecule has 1 aromatic carbocycles. The third kappa shape index (κ3) is 2.58. The van der Waals surface area contributed by atoms with Gasteiger partial charge in [-0.25, -0.2) is 4.79 Å². The SMILES string of the molecule is COC(=O)N1CC(c2ccccc2)OCC1C. The number of methoxy groups -OCH3 is 1. The summed E-state index contributed by atoms with van der Waals surface area (Å²) in [7, 11) is 1.40. The van der Waals surface area contributed by atoms with Crippen molar-refractivity contribution >= 4 is 6.09 Å². The number of rotatable bonds is 1. The molecular formula is C13H17NO3. The molecule has 2 rings (SSSR count). The molecular weight excluding hydrogens is 218 g/mol. The van der Waals surface area contributed by atoms with E-state index in [1.807, 2.05) is 37.3 Å². The molecule has 0 bridgehead atoms. The van der Waals surface area contributed by atoms with Gasteiger partial charge in [-0.05, 0) is 12.5 Å². The van der Waals surface area contributed by atoms with Gasteiger partial charge in [0.2, 0.25) is 0 Å². The standard InChI is InChI=1S/C13H17NO3/c1-10-9-17-12(8-14(10)13(15)16-2)11-6-4-3-5-7-11/h3-7,10,12H,8-9H2,1-2H3. The maximum Gasteiger partial charge on any atom is 0.409 e. The Bertz CT molecular complexity index is 380. The van der Waals surface area contributed by atoms with E-state index in [0.29, 0.717) is 13.2 Å². The Labute approximate surface area is 101 Å². The summed E-state index contributed by atoms with van der Waals surface area (Å²) in [5, 5.41) is 0. The van der Waals surface area contributed by atoms with Crippen molar-refractivity contribution in [2.24, 2.45) is 0 Å². The van der Waals surface area contributed by atoms with Crippen LogP contribution in [-0.2, 0) is 9.47 Å². The third-order valence-corrected chi connectivity index (χ3v) is 3.01. The first-order chi connectivity index (χ1) is 8.22. The summed E-state index contributed by atoms with van der Waals surface area (Å²) in [6.07, 6.45) is -0.353. The van der Waals surface area contributed by atoms with Crippen LogP contribution in [0.1, 0.15) is 18.6 Å². The van der Waals surface area contributed by atoms with Crippen molar-refractivity contribution in [3.8, 4) is 0 Å². The monoisotopic (exact) mass is 235 g/mol. The van der Waals surface area contributed by atoms with E-state index in [9.17, 15) is 4.79 Å². The number of amides is 1. The minimum atomic E-state index is -0.290. The zero-order valence-corrected chi connectivity index (χ0v) is 10.1. The summed E-state index contributed by atoms with van der Waals surface area (Å²) in [4.78, 5) is 13.3. The Hall–Kier alpha value is -1.55. The molecule has 0 saturated carbocycles. The normalized spacial score (nSPS) is 24.5. The molecule has 17 heavy (non-hydrogen) atoms. The lowest BCUT2D eigenvalue weighted by Gasteiger charge is -2.37.